The van der Waals surface area contributed by atoms with Crippen molar-refractivity contribution in [1.82, 2.24) is 0 Å². The number of ether oxygens (including phenoxy) is 3. The average molecular weight is 891 g/mol. The molecule has 0 aromatic heterocycles. The number of allylic oxidation sites excluding steroid dienone is 14. The molecule has 1 atom stereocenters. The molecule has 0 heterocycles. The van der Waals surface area contributed by atoms with Crippen molar-refractivity contribution < 1.29 is 23.8 Å². The molecule has 0 fully saturated rings. The summed E-state index contributed by atoms with van der Waals surface area (Å²) < 4.78 is 17.4. The average Bonchev–Trinajstić information content (AvgIpc) is 3.30. The largest absolute Gasteiger partial charge is 0.462 e. The van der Waals surface area contributed by atoms with Crippen molar-refractivity contribution in [3.8, 4) is 0 Å². The number of carbonyl (C=O) groups excluding carboxylic acids is 2. The maximum atomic E-state index is 12.8. The highest BCUT2D eigenvalue weighted by Crippen LogP contribution is 2.15. The minimum absolute atomic E-state index is 0.0529. The highest BCUT2D eigenvalue weighted by atomic mass is 16.6. The summed E-state index contributed by atoms with van der Waals surface area (Å²) in [5, 5.41) is 0. The molecule has 1 unspecified atom stereocenters. The van der Waals surface area contributed by atoms with Crippen LogP contribution in [0.2, 0.25) is 0 Å². The predicted molar refractivity (Wildman–Crippen MR) is 279 cm³/mol. The van der Waals surface area contributed by atoms with Crippen LogP contribution in [0.4, 0.5) is 0 Å². The van der Waals surface area contributed by atoms with Crippen LogP contribution in [-0.4, -0.2) is 37.9 Å². The van der Waals surface area contributed by atoms with Gasteiger partial charge in [0.25, 0.3) is 0 Å². The summed E-state index contributed by atoms with van der Waals surface area (Å²) in [6, 6.07) is 0. The van der Waals surface area contributed by atoms with E-state index in [4.69, 9.17) is 14.2 Å². The van der Waals surface area contributed by atoms with Gasteiger partial charge in [0.05, 0.1) is 6.61 Å². The summed E-state index contributed by atoms with van der Waals surface area (Å²) in [7, 11) is 0. The van der Waals surface area contributed by atoms with Crippen LogP contribution in [0.5, 0.6) is 0 Å². The van der Waals surface area contributed by atoms with E-state index in [1.165, 1.54) is 141 Å². The van der Waals surface area contributed by atoms with Crippen molar-refractivity contribution in [2.24, 2.45) is 0 Å². The van der Waals surface area contributed by atoms with E-state index in [0.29, 0.717) is 25.9 Å². The molecule has 0 aromatic rings. The summed E-state index contributed by atoms with van der Waals surface area (Å²) in [6.07, 6.45) is 71.9. The van der Waals surface area contributed by atoms with E-state index in [0.717, 1.165) is 70.6 Å². The topological polar surface area (TPSA) is 61.8 Å². The fourth-order valence-electron chi connectivity index (χ4n) is 7.48. The standard InChI is InChI=1S/C59H102O5/c1-4-7-10-13-16-19-22-25-27-29-31-33-36-39-42-45-48-51-54-62-55-57(64-59(61)53-50-47-44-41-38-34-24-21-18-15-12-9-6-3)56-63-58(60)52-49-46-43-40-37-35-32-30-28-26-23-20-17-14-11-8-5-2/h7,9-10,12,16,18-19,21,25,27,34,38,44,47,57H,4-6,8,11,13-15,17,20,22-24,26,28-33,35-37,39-43,45-46,48-56H2,1-3H3/b10-7-,12-9-,19-16-,21-18-,27-25-,38-34-,47-44-. The fourth-order valence-corrected chi connectivity index (χ4v) is 7.48. The first-order valence-corrected chi connectivity index (χ1v) is 27.1. The molecule has 0 aliphatic heterocycles. The molecule has 0 radical (unpaired) electrons. The van der Waals surface area contributed by atoms with E-state index in [-0.39, 0.29) is 25.2 Å². The number of hydrogen-bond donors (Lipinski definition) is 0. The van der Waals surface area contributed by atoms with Crippen LogP contribution in [0.3, 0.4) is 0 Å². The van der Waals surface area contributed by atoms with Crippen LogP contribution < -0.4 is 0 Å². The molecule has 0 bridgehead atoms. The number of rotatable bonds is 49. The number of esters is 2. The smallest absolute Gasteiger partial charge is 0.306 e. The van der Waals surface area contributed by atoms with Crippen LogP contribution in [0, 0.1) is 0 Å². The lowest BCUT2D eigenvalue weighted by atomic mass is 10.0. The maximum absolute atomic E-state index is 12.8. The third-order valence-electron chi connectivity index (χ3n) is 11.4. The summed E-state index contributed by atoms with van der Waals surface area (Å²) in [4.78, 5) is 25.4. The van der Waals surface area contributed by atoms with E-state index in [1.54, 1.807) is 0 Å². The van der Waals surface area contributed by atoms with Crippen molar-refractivity contribution >= 4 is 11.9 Å². The second-order valence-electron chi connectivity index (χ2n) is 17.7. The summed E-state index contributed by atoms with van der Waals surface area (Å²) in [5.74, 6) is -0.489. The van der Waals surface area contributed by atoms with Gasteiger partial charge in [-0.25, -0.2) is 0 Å². The summed E-state index contributed by atoms with van der Waals surface area (Å²) in [6.45, 7) is 7.53. The summed E-state index contributed by atoms with van der Waals surface area (Å²) in [5.41, 5.74) is 0. The molecule has 0 aliphatic rings. The Morgan fingerprint density at radius 1 is 0.359 bits per heavy atom. The van der Waals surface area contributed by atoms with Gasteiger partial charge in [-0.1, -0.05) is 247 Å². The maximum Gasteiger partial charge on any atom is 0.306 e. The lowest BCUT2D eigenvalue weighted by Crippen LogP contribution is -2.30. The lowest BCUT2D eigenvalue weighted by Gasteiger charge is -2.18. The molecule has 0 spiro atoms. The highest BCUT2D eigenvalue weighted by molar-refractivity contribution is 5.70. The molecular weight excluding hydrogens is 789 g/mol. The Labute approximate surface area is 397 Å². The third-order valence-corrected chi connectivity index (χ3v) is 11.4. The zero-order chi connectivity index (χ0) is 46.3. The quantitative estimate of drug-likeness (QED) is 0.0346. The third kappa shape index (κ3) is 51.7. The Morgan fingerprint density at radius 2 is 0.734 bits per heavy atom. The minimum atomic E-state index is -0.580. The molecule has 0 saturated carbocycles. The van der Waals surface area contributed by atoms with Crippen LogP contribution >= 0.6 is 0 Å². The van der Waals surface area contributed by atoms with Crippen molar-refractivity contribution in [3.05, 3.63) is 85.1 Å². The van der Waals surface area contributed by atoms with E-state index in [9.17, 15) is 9.59 Å². The molecule has 5 nitrogen and oxygen atoms in total. The number of unbranched alkanes of at least 4 members (excludes halogenated alkanes) is 24. The lowest BCUT2D eigenvalue weighted by molar-refractivity contribution is -0.162. The first-order valence-electron chi connectivity index (χ1n) is 27.1. The Bertz CT molecular complexity index is 1190. The Kier molecular flexibility index (Phi) is 51.9. The number of carbonyl (C=O) groups is 2. The van der Waals surface area contributed by atoms with Gasteiger partial charge in [0.15, 0.2) is 6.10 Å². The minimum Gasteiger partial charge on any atom is -0.462 e. The van der Waals surface area contributed by atoms with Crippen molar-refractivity contribution in [1.29, 1.82) is 0 Å². The zero-order valence-corrected chi connectivity index (χ0v) is 42.3. The highest BCUT2D eigenvalue weighted by Gasteiger charge is 2.17. The Morgan fingerprint density at radius 3 is 1.19 bits per heavy atom. The second kappa shape index (κ2) is 54.4. The van der Waals surface area contributed by atoms with E-state index < -0.39 is 6.10 Å². The normalized spacial score (nSPS) is 12.9. The van der Waals surface area contributed by atoms with Gasteiger partial charge in [-0.15, -0.1) is 0 Å². The van der Waals surface area contributed by atoms with Crippen LogP contribution in [0.1, 0.15) is 252 Å². The SMILES string of the molecule is CC/C=C\C/C=C\C/C=C\C/C=C\CCC(=O)OC(COCCCCCCCCCC/C=C\C/C=C\C/C=C\CC)COC(=O)CCCCCCCCCCCCCCCCCCC. The van der Waals surface area contributed by atoms with Gasteiger partial charge < -0.3 is 14.2 Å². The van der Waals surface area contributed by atoms with Crippen molar-refractivity contribution in [2.45, 2.75) is 258 Å². The molecule has 0 amide bonds. The molecular formula is C59H102O5. The molecule has 0 aromatic carbocycles. The van der Waals surface area contributed by atoms with Gasteiger partial charge in [-0.3, -0.25) is 9.59 Å². The van der Waals surface area contributed by atoms with Gasteiger partial charge in [0.1, 0.15) is 6.61 Å². The Hall–Kier alpha value is -2.92. The second-order valence-corrected chi connectivity index (χ2v) is 17.7. The molecule has 0 saturated heterocycles. The van der Waals surface area contributed by atoms with Crippen LogP contribution in [0.15, 0.2) is 85.1 Å². The van der Waals surface area contributed by atoms with Gasteiger partial charge in [-0.05, 0) is 77.0 Å². The van der Waals surface area contributed by atoms with Crippen molar-refractivity contribution in [3.63, 3.8) is 0 Å². The van der Waals surface area contributed by atoms with Gasteiger partial charge in [0.2, 0.25) is 0 Å². The van der Waals surface area contributed by atoms with Gasteiger partial charge in [-0.2, -0.15) is 0 Å². The molecule has 0 N–H and O–H groups in total. The fraction of sp³-hybridized carbons (Fsp3) is 0.729. The molecule has 0 aliphatic carbocycles. The van der Waals surface area contributed by atoms with Crippen molar-refractivity contribution in [2.75, 3.05) is 19.8 Å². The molecule has 5 heteroatoms. The zero-order valence-electron chi connectivity index (χ0n) is 42.3. The van der Waals surface area contributed by atoms with E-state index in [1.807, 2.05) is 6.08 Å². The predicted octanol–water partition coefficient (Wildman–Crippen LogP) is 18.5. The van der Waals surface area contributed by atoms with Crippen LogP contribution in [0.25, 0.3) is 0 Å². The van der Waals surface area contributed by atoms with Crippen LogP contribution in [-0.2, 0) is 23.8 Å². The Balaban J connectivity index is 4.32. The number of hydrogen-bond acceptors (Lipinski definition) is 5. The first-order chi connectivity index (χ1) is 31.6. The molecule has 64 heavy (non-hydrogen) atoms. The monoisotopic (exact) mass is 891 g/mol. The van der Waals surface area contributed by atoms with Gasteiger partial charge >= 0.3 is 11.9 Å². The summed E-state index contributed by atoms with van der Waals surface area (Å²) >= 11 is 0. The molecule has 0 rings (SSSR count). The van der Waals surface area contributed by atoms with E-state index >= 15 is 0 Å². The first kappa shape index (κ1) is 61.1. The van der Waals surface area contributed by atoms with E-state index in [2.05, 4.69) is 99.8 Å². The molecule has 368 valence electrons. The van der Waals surface area contributed by atoms with Gasteiger partial charge in [0, 0.05) is 19.4 Å².